The number of hydrogen-bond acceptors (Lipinski definition) is 2. The summed E-state index contributed by atoms with van der Waals surface area (Å²) in [4.78, 5) is 1.63. The molecule has 2 rings (SSSR count). The fourth-order valence-corrected chi connectivity index (χ4v) is 2.98. The minimum Gasteiger partial charge on any atom is -0.370 e. The molecule has 0 radical (unpaired) electrons. The lowest BCUT2D eigenvalue weighted by Crippen LogP contribution is -2.20. The Morgan fingerprint density at radius 2 is 1.95 bits per heavy atom. The van der Waals surface area contributed by atoms with Gasteiger partial charge in [0.15, 0.2) is 0 Å². The zero-order valence-corrected chi connectivity index (χ0v) is 13.1. The Labute approximate surface area is 128 Å². The summed E-state index contributed by atoms with van der Waals surface area (Å²) in [5, 5.41) is 4.27. The second kappa shape index (κ2) is 6.18. The number of thiophene rings is 1. The van der Waals surface area contributed by atoms with Gasteiger partial charge in [-0.2, -0.15) is 24.5 Å². The van der Waals surface area contributed by atoms with Gasteiger partial charge in [0, 0.05) is 24.6 Å². The van der Waals surface area contributed by atoms with Gasteiger partial charge in [-0.05, 0) is 40.1 Å². The predicted octanol–water partition coefficient (Wildman–Crippen LogP) is 5.30. The van der Waals surface area contributed by atoms with Gasteiger partial charge in [-0.25, -0.2) is 0 Å². The minimum atomic E-state index is -4.35. The highest BCUT2D eigenvalue weighted by atomic mass is 79.9. The summed E-state index contributed by atoms with van der Waals surface area (Å²) < 4.78 is 39.5. The SMILES string of the molecule is CN(Cc1ccsc1)c1ccc(CBr)cc1C(F)(F)F. The van der Waals surface area contributed by atoms with E-state index in [4.69, 9.17) is 0 Å². The molecule has 1 aromatic heterocycles. The molecule has 0 aliphatic rings. The van der Waals surface area contributed by atoms with Crippen molar-refractivity contribution < 1.29 is 13.2 Å². The van der Waals surface area contributed by atoms with Crippen molar-refractivity contribution in [3.63, 3.8) is 0 Å². The average molecular weight is 364 g/mol. The number of anilines is 1. The van der Waals surface area contributed by atoms with E-state index in [2.05, 4.69) is 15.9 Å². The largest absolute Gasteiger partial charge is 0.418 e. The maximum absolute atomic E-state index is 13.2. The highest BCUT2D eigenvalue weighted by Crippen LogP contribution is 2.37. The summed E-state index contributed by atoms with van der Waals surface area (Å²) in [6, 6.07) is 6.37. The molecule has 0 bridgehead atoms. The first-order valence-electron chi connectivity index (χ1n) is 5.90. The summed E-state index contributed by atoms with van der Waals surface area (Å²) in [6.45, 7) is 0.459. The summed E-state index contributed by atoms with van der Waals surface area (Å²) >= 11 is 4.73. The Bertz CT molecular complexity index is 566. The molecule has 0 fully saturated rings. The number of hydrogen-bond donors (Lipinski definition) is 0. The zero-order chi connectivity index (χ0) is 14.8. The topological polar surface area (TPSA) is 3.24 Å². The summed E-state index contributed by atoms with van der Waals surface area (Å²) in [5.74, 6) is 0. The van der Waals surface area contributed by atoms with Crippen LogP contribution in [0, 0.1) is 0 Å². The van der Waals surface area contributed by atoms with Crippen LogP contribution in [0.2, 0.25) is 0 Å². The van der Waals surface area contributed by atoms with Crippen LogP contribution in [-0.4, -0.2) is 7.05 Å². The normalized spacial score (nSPS) is 11.7. The summed E-state index contributed by atoms with van der Waals surface area (Å²) in [5.41, 5.74) is 1.24. The second-order valence-electron chi connectivity index (χ2n) is 4.47. The monoisotopic (exact) mass is 363 g/mol. The van der Waals surface area contributed by atoms with Gasteiger partial charge in [-0.1, -0.05) is 22.0 Å². The molecule has 0 saturated carbocycles. The van der Waals surface area contributed by atoms with Gasteiger partial charge in [0.1, 0.15) is 0 Å². The van der Waals surface area contributed by atoms with Crippen LogP contribution in [0.5, 0.6) is 0 Å². The maximum Gasteiger partial charge on any atom is 0.418 e. The number of rotatable bonds is 4. The molecule has 1 heterocycles. The van der Waals surface area contributed by atoms with Crippen molar-refractivity contribution >= 4 is 33.0 Å². The smallest absolute Gasteiger partial charge is 0.370 e. The van der Waals surface area contributed by atoms with Crippen LogP contribution in [0.4, 0.5) is 18.9 Å². The van der Waals surface area contributed by atoms with Gasteiger partial charge in [0.05, 0.1) is 5.56 Å². The number of nitrogens with zero attached hydrogens (tertiary/aromatic N) is 1. The van der Waals surface area contributed by atoms with Crippen molar-refractivity contribution in [1.29, 1.82) is 0 Å². The van der Waals surface area contributed by atoms with Crippen molar-refractivity contribution in [2.75, 3.05) is 11.9 Å². The van der Waals surface area contributed by atoms with Gasteiger partial charge in [0.2, 0.25) is 0 Å². The molecule has 108 valence electrons. The van der Waals surface area contributed by atoms with Crippen molar-refractivity contribution in [3.8, 4) is 0 Å². The van der Waals surface area contributed by atoms with Crippen molar-refractivity contribution in [2.24, 2.45) is 0 Å². The van der Waals surface area contributed by atoms with Crippen molar-refractivity contribution in [3.05, 3.63) is 51.7 Å². The molecule has 0 aliphatic heterocycles. The molecule has 0 amide bonds. The Morgan fingerprint density at radius 3 is 2.50 bits per heavy atom. The van der Waals surface area contributed by atoms with E-state index in [9.17, 15) is 13.2 Å². The van der Waals surface area contributed by atoms with Gasteiger partial charge in [0.25, 0.3) is 0 Å². The molecule has 0 unspecified atom stereocenters. The van der Waals surface area contributed by atoms with Gasteiger partial charge >= 0.3 is 6.18 Å². The summed E-state index contributed by atoms with van der Waals surface area (Å²) in [6.07, 6.45) is -4.35. The standard InChI is InChI=1S/C14H13BrF3NS/c1-19(8-11-4-5-20-9-11)13-3-2-10(7-15)6-12(13)14(16,17)18/h2-6,9H,7-8H2,1H3. The van der Waals surface area contributed by atoms with E-state index in [1.807, 2.05) is 16.8 Å². The second-order valence-corrected chi connectivity index (χ2v) is 5.81. The van der Waals surface area contributed by atoms with Crippen LogP contribution in [-0.2, 0) is 18.1 Å². The van der Waals surface area contributed by atoms with Crippen LogP contribution in [0.25, 0.3) is 0 Å². The average Bonchev–Trinajstić information content (AvgIpc) is 2.89. The van der Waals surface area contributed by atoms with Crippen LogP contribution < -0.4 is 4.90 Å². The molecule has 0 spiro atoms. The van der Waals surface area contributed by atoms with E-state index in [0.717, 1.165) is 5.56 Å². The molecule has 2 aromatic rings. The first-order chi connectivity index (χ1) is 9.41. The number of halogens is 4. The molecule has 0 atom stereocenters. The highest BCUT2D eigenvalue weighted by molar-refractivity contribution is 9.08. The molecule has 20 heavy (non-hydrogen) atoms. The minimum absolute atomic E-state index is 0.202. The fraction of sp³-hybridized carbons (Fsp3) is 0.286. The summed E-state index contributed by atoms with van der Waals surface area (Å²) in [7, 11) is 1.68. The number of alkyl halides is 4. The molecule has 0 aliphatic carbocycles. The van der Waals surface area contributed by atoms with Crippen LogP contribution in [0.15, 0.2) is 35.0 Å². The lowest BCUT2D eigenvalue weighted by molar-refractivity contribution is -0.137. The van der Waals surface area contributed by atoms with Crippen LogP contribution in [0.1, 0.15) is 16.7 Å². The van der Waals surface area contributed by atoms with Crippen molar-refractivity contribution in [1.82, 2.24) is 0 Å². The predicted molar refractivity (Wildman–Crippen MR) is 80.5 cm³/mol. The first-order valence-corrected chi connectivity index (χ1v) is 7.96. The molecular weight excluding hydrogens is 351 g/mol. The van der Waals surface area contributed by atoms with E-state index in [0.29, 0.717) is 17.4 Å². The third kappa shape index (κ3) is 3.55. The Hall–Kier alpha value is -1.01. The van der Waals surface area contributed by atoms with E-state index >= 15 is 0 Å². The van der Waals surface area contributed by atoms with E-state index < -0.39 is 11.7 Å². The van der Waals surface area contributed by atoms with Gasteiger partial charge in [-0.3, -0.25) is 0 Å². The Balaban J connectivity index is 2.34. The lowest BCUT2D eigenvalue weighted by Gasteiger charge is -2.23. The molecule has 6 heteroatoms. The van der Waals surface area contributed by atoms with E-state index in [1.54, 1.807) is 18.0 Å². The lowest BCUT2D eigenvalue weighted by atomic mass is 10.1. The highest BCUT2D eigenvalue weighted by Gasteiger charge is 2.34. The quantitative estimate of drug-likeness (QED) is 0.666. The van der Waals surface area contributed by atoms with E-state index in [-0.39, 0.29) is 5.69 Å². The molecular formula is C14H13BrF3NS. The third-order valence-corrected chi connectivity index (χ3v) is 4.31. The number of benzene rings is 1. The molecule has 0 saturated heterocycles. The van der Waals surface area contributed by atoms with E-state index in [1.165, 1.54) is 23.5 Å². The first kappa shape index (κ1) is 15.4. The Kier molecular flexibility index (Phi) is 4.75. The molecule has 1 aromatic carbocycles. The molecule has 0 N–H and O–H groups in total. The van der Waals surface area contributed by atoms with Gasteiger partial charge in [-0.15, -0.1) is 0 Å². The fourth-order valence-electron chi connectivity index (χ4n) is 1.97. The zero-order valence-electron chi connectivity index (χ0n) is 10.7. The van der Waals surface area contributed by atoms with Crippen LogP contribution >= 0.6 is 27.3 Å². The Morgan fingerprint density at radius 1 is 1.20 bits per heavy atom. The van der Waals surface area contributed by atoms with Gasteiger partial charge < -0.3 is 4.90 Å². The van der Waals surface area contributed by atoms with Crippen molar-refractivity contribution in [2.45, 2.75) is 18.1 Å². The van der Waals surface area contributed by atoms with Crippen LogP contribution in [0.3, 0.4) is 0 Å². The maximum atomic E-state index is 13.2. The molecule has 1 nitrogen and oxygen atoms in total. The third-order valence-electron chi connectivity index (χ3n) is 2.93.